The number of aliphatic hydroxyl groups is 1. The number of hydrogen-bond acceptors (Lipinski definition) is 9. The Morgan fingerprint density at radius 3 is 2.48 bits per heavy atom. The van der Waals surface area contributed by atoms with Gasteiger partial charge in [-0.3, -0.25) is 9.59 Å². The number of rotatable bonds is 6. The Kier molecular flexibility index (Phi) is 7.81. The normalized spacial score (nSPS) is 20.5. The summed E-state index contributed by atoms with van der Waals surface area (Å²) in [6.45, 7) is 2.22. The van der Waals surface area contributed by atoms with Crippen molar-refractivity contribution >= 4 is 35.1 Å². The van der Waals surface area contributed by atoms with E-state index < -0.39 is 17.5 Å². The Morgan fingerprint density at radius 2 is 1.94 bits per heavy atom. The third kappa shape index (κ3) is 4.71. The first-order valence-electron chi connectivity index (χ1n) is 9.71. The molecule has 1 saturated heterocycles. The second-order valence-corrected chi connectivity index (χ2v) is 7.18. The molecule has 11 nitrogen and oxygen atoms in total. The van der Waals surface area contributed by atoms with Crippen LogP contribution in [0.5, 0.6) is 11.5 Å². The van der Waals surface area contributed by atoms with E-state index in [1.165, 1.54) is 14.2 Å². The first-order chi connectivity index (χ1) is 14.8. The van der Waals surface area contributed by atoms with E-state index in [1.54, 1.807) is 17.0 Å². The van der Waals surface area contributed by atoms with Gasteiger partial charge in [0, 0.05) is 24.5 Å². The van der Waals surface area contributed by atoms with Crippen LogP contribution < -0.4 is 20.1 Å². The number of carboxylic acid groups (broad SMARTS) is 2. The number of carboxylic acids is 1. The molecule has 1 fully saturated rings. The quantitative estimate of drug-likeness (QED) is 0.482. The van der Waals surface area contributed by atoms with Gasteiger partial charge in [-0.25, -0.2) is 4.98 Å². The van der Waals surface area contributed by atoms with Crippen LogP contribution in [0, 0.1) is 5.41 Å². The molecule has 0 radical (unpaired) electrons. The van der Waals surface area contributed by atoms with Crippen molar-refractivity contribution in [1.82, 2.24) is 9.97 Å². The minimum Gasteiger partial charge on any atom is -0.493 e. The molecule has 0 aliphatic carbocycles. The molecule has 2 heterocycles. The van der Waals surface area contributed by atoms with Crippen LogP contribution in [0.2, 0.25) is 0 Å². The van der Waals surface area contributed by atoms with Crippen LogP contribution in [0.4, 0.5) is 11.8 Å². The number of benzene rings is 1. The number of piperidine rings is 1. The predicted molar refractivity (Wildman–Crippen MR) is 114 cm³/mol. The van der Waals surface area contributed by atoms with E-state index in [1.807, 2.05) is 6.92 Å². The number of methoxy groups -OCH3 is 2. The highest BCUT2D eigenvalue weighted by molar-refractivity contribution is 5.91. The van der Waals surface area contributed by atoms with Crippen molar-refractivity contribution in [2.45, 2.75) is 32.3 Å². The fourth-order valence-electron chi connectivity index (χ4n) is 3.87. The van der Waals surface area contributed by atoms with Gasteiger partial charge in [0.25, 0.3) is 6.47 Å². The van der Waals surface area contributed by atoms with Crippen LogP contribution in [-0.4, -0.2) is 71.1 Å². The SMILES string of the molecule is CCC[C@@]1(C(=O)O)CN(c2nc(N)c3cc(OC)c(OC)cc3n2)CC[C@H]1O.O=CO. The highest BCUT2D eigenvalue weighted by atomic mass is 16.5. The summed E-state index contributed by atoms with van der Waals surface area (Å²) in [5.74, 6) is 0.632. The molecule has 5 N–H and O–H groups in total. The number of aliphatic hydroxyl groups excluding tert-OH is 1. The molecule has 1 aliphatic heterocycles. The van der Waals surface area contributed by atoms with Gasteiger partial charge >= 0.3 is 5.97 Å². The largest absolute Gasteiger partial charge is 0.493 e. The zero-order valence-electron chi connectivity index (χ0n) is 17.7. The van der Waals surface area contributed by atoms with Gasteiger partial charge in [0.2, 0.25) is 5.95 Å². The average Bonchev–Trinajstić information content (AvgIpc) is 2.74. The van der Waals surface area contributed by atoms with Crippen molar-refractivity contribution in [3.05, 3.63) is 12.1 Å². The minimum atomic E-state index is -1.25. The molecular weight excluding hydrogens is 408 g/mol. The van der Waals surface area contributed by atoms with Gasteiger partial charge in [-0.05, 0) is 18.9 Å². The van der Waals surface area contributed by atoms with E-state index in [2.05, 4.69) is 9.97 Å². The smallest absolute Gasteiger partial charge is 0.314 e. The Hall–Kier alpha value is -3.34. The lowest BCUT2D eigenvalue weighted by molar-refractivity contribution is -0.158. The number of nitrogens with zero attached hydrogens (tertiary/aromatic N) is 3. The van der Waals surface area contributed by atoms with Gasteiger partial charge in [-0.2, -0.15) is 4.98 Å². The van der Waals surface area contributed by atoms with E-state index in [4.69, 9.17) is 25.1 Å². The fraction of sp³-hybridized carbons (Fsp3) is 0.500. The Labute approximate surface area is 179 Å². The van der Waals surface area contributed by atoms with E-state index in [0.717, 1.165) is 0 Å². The van der Waals surface area contributed by atoms with Gasteiger partial charge in [0.1, 0.15) is 11.2 Å². The van der Waals surface area contributed by atoms with Crippen molar-refractivity contribution in [3.63, 3.8) is 0 Å². The van der Waals surface area contributed by atoms with Gasteiger partial charge in [0.15, 0.2) is 11.5 Å². The number of nitrogen functional groups attached to an aromatic ring is 1. The molecule has 0 bridgehead atoms. The molecule has 170 valence electrons. The molecule has 31 heavy (non-hydrogen) atoms. The third-order valence-corrected chi connectivity index (χ3v) is 5.41. The van der Waals surface area contributed by atoms with Crippen molar-refractivity contribution in [2.75, 3.05) is 37.9 Å². The summed E-state index contributed by atoms with van der Waals surface area (Å²) in [5.41, 5.74) is 5.47. The van der Waals surface area contributed by atoms with Crippen molar-refractivity contribution in [1.29, 1.82) is 0 Å². The number of ether oxygens (including phenoxy) is 2. The molecule has 3 rings (SSSR count). The summed E-state index contributed by atoms with van der Waals surface area (Å²) < 4.78 is 10.6. The van der Waals surface area contributed by atoms with Crippen molar-refractivity contribution in [3.8, 4) is 11.5 Å². The maximum absolute atomic E-state index is 12.0. The van der Waals surface area contributed by atoms with Crippen LogP contribution in [0.1, 0.15) is 26.2 Å². The molecule has 1 aromatic heterocycles. The predicted octanol–water partition coefficient (Wildman–Crippen LogP) is 1.37. The van der Waals surface area contributed by atoms with Crippen LogP contribution in [-0.2, 0) is 9.59 Å². The Balaban J connectivity index is 0.00000107. The third-order valence-electron chi connectivity index (χ3n) is 5.41. The lowest BCUT2D eigenvalue weighted by Crippen LogP contribution is -2.56. The highest BCUT2D eigenvalue weighted by Crippen LogP contribution is 2.38. The maximum Gasteiger partial charge on any atom is 0.314 e. The zero-order valence-corrected chi connectivity index (χ0v) is 17.7. The molecule has 2 aromatic rings. The van der Waals surface area contributed by atoms with Gasteiger partial charge in [0.05, 0.1) is 25.8 Å². The van der Waals surface area contributed by atoms with E-state index in [0.29, 0.717) is 54.2 Å². The monoisotopic (exact) mass is 436 g/mol. The molecule has 0 saturated carbocycles. The standard InChI is InChI=1S/C19H26N4O5.CH2O2/c1-4-6-19(17(25)26)10-23(7-5-15(19)24)18-21-12-9-14(28-3)13(27-2)8-11(12)16(20)22-18;2-1-3/h8-9,15,24H,4-7,10H2,1-3H3,(H,25,26)(H2,20,21,22);1H,(H,2,3)/t15-,19-;/m1./s1. The first-order valence-corrected chi connectivity index (χ1v) is 9.71. The van der Waals surface area contributed by atoms with Gasteiger partial charge < -0.3 is 35.4 Å². The number of anilines is 2. The molecule has 11 heteroatoms. The maximum atomic E-state index is 12.0. The lowest BCUT2D eigenvalue weighted by Gasteiger charge is -2.43. The minimum absolute atomic E-state index is 0.121. The van der Waals surface area contributed by atoms with Crippen molar-refractivity contribution in [2.24, 2.45) is 5.41 Å². The zero-order chi connectivity index (χ0) is 23.2. The number of hydrogen-bond donors (Lipinski definition) is 4. The second-order valence-electron chi connectivity index (χ2n) is 7.18. The molecule has 0 amide bonds. The second kappa shape index (κ2) is 10.1. The first kappa shape index (κ1) is 23.9. The van der Waals surface area contributed by atoms with E-state index >= 15 is 0 Å². The Bertz CT molecular complexity index is 939. The average molecular weight is 436 g/mol. The summed E-state index contributed by atoms with van der Waals surface area (Å²) in [4.78, 5) is 31.1. The molecule has 1 aromatic carbocycles. The van der Waals surface area contributed by atoms with Gasteiger partial charge in [-0.1, -0.05) is 13.3 Å². The summed E-state index contributed by atoms with van der Waals surface area (Å²) >= 11 is 0. The van der Waals surface area contributed by atoms with Crippen LogP contribution in [0.3, 0.4) is 0 Å². The Morgan fingerprint density at radius 1 is 1.32 bits per heavy atom. The number of aliphatic carboxylic acids is 1. The van der Waals surface area contributed by atoms with Crippen LogP contribution in [0.25, 0.3) is 10.9 Å². The van der Waals surface area contributed by atoms with Crippen LogP contribution >= 0.6 is 0 Å². The van der Waals surface area contributed by atoms with Crippen LogP contribution in [0.15, 0.2) is 12.1 Å². The highest BCUT2D eigenvalue weighted by Gasteiger charge is 2.49. The molecule has 2 atom stereocenters. The molecular formula is C20H28N4O7. The number of aromatic nitrogens is 2. The lowest BCUT2D eigenvalue weighted by atomic mass is 9.74. The molecule has 0 unspecified atom stereocenters. The summed E-state index contributed by atoms with van der Waals surface area (Å²) in [5, 5.41) is 27.8. The summed E-state index contributed by atoms with van der Waals surface area (Å²) in [7, 11) is 3.07. The molecule has 0 spiro atoms. The van der Waals surface area contributed by atoms with E-state index in [-0.39, 0.29) is 18.8 Å². The molecule has 1 aliphatic rings. The van der Waals surface area contributed by atoms with Gasteiger partial charge in [-0.15, -0.1) is 0 Å². The van der Waals surface area contributed by atoms with E-state index in [9.17, 15) is 15.0 Å². The number of nitrogens with two attached hydrogens (primary N) is 1. The summed E-state index contributed by atoms with van der Waals surface area (Å²) in [6.07, 6.45) is 0.422. The van der Waals surface area contributed by atoms with Crippen molar-refractivity contribution < 1.29 is 34.4 Å². The number of fused-ring (bicyclic) bond motifs is 1. The number of carbonyl (C=O) groups is 2. The fourth-order valence-corrected chi connectivity index (χ4v) is 3.87. The summed E-state index contributed by atoms with van der Waals surface area (Å²) in [6, 6.07) is 3.43. The topological polar surface area (TPSA) is 168 Å².